The molecule has 0 aromatic heterocycles. The van der Waals surface area contributed by atoms with Gasteiger partial charge in [0, 0.05) is 6.08 Å². The number of esters is 1. The van der Waals surface area contributed by atoms with E-state index in [1.807, 2.05) is 6.92 Å². The largest absolute Gasteiger partial charge is 0.459 e. The van der Waals surface area contributed by atoms with E-state index in [1.165, 1.54) is 23.6 Å². The van der Waals surface area contributed by atoms with Gasteiger partial charge in [-0.25, -0.2) is 4.79 Å². The summed E-state index contributed by atoms with van der Waals surface area (Å²) in [4.78, 5) is 11.5. The van der Waals surface area contributed by atoms with Crippen LogP contribution in [0.2, 0.25) is 0 Å². The molecule has 0 saturated heterocycles. The van der Waals surface area contributed by atoms with Crippen LogP contribution < -0.4 is 0 Å². The molecule has 1 fully saturated rings. The highest BCUT2D eigenvalue weighted by atomic mass is 16.5. The zero-order valence-electron chi connectivity index (χ0n) is 13.2. The molecule has 0 atom stereocenters. The smallest absolute Gasteiger partial charge is 0.330 e. The van der Waals surface area contributed by atoms with Gasteiger partial charge in [0.25, 0.3) is 0 Å². The van der Waals surface area contributed by atoms with Crippen LogP contribution in [0.25, 0.3) is 0 Å². The van der Waals surface area contributed by atoms with Crippen LogP contribution in [0.3, 0.4) is 0 Å². The fraction of sp³-hybridized carbons (Fsp3) is 0.526. The molecule has 0 radical (unpaired) electrons. The second kappa shape index (κ2) is 8.02. The molecule has 0 bridgehead atoms. The van der Waals surface area contributed by atoms with E-state index >= 15 is 0 Å². The maximum Gasteiger partial charge on any atom is 0.330 e. The number of aryl methyl sites for hydroxylation is 1. The van der Waals surface area contributed by atoms with Crippen LogP contribution in [-0.2, 0) is 16.0 Å². The van der Waals surface area contributed by atoms with Gasteiger partial charge < -0.3 is 4.74 Å². The monoisotopic (exact) mass is 286 g/mol. The summed E-state index contributed by atoms with van der Waals surface area (Å²) in [5.74, 6) is 0.419. The van der Waals surface area contributed by atoms with Gasteiger partial charge >= 0.3 is 5.97 Å². The molecule has 21 heavy (non-hydrogen) atoms. The Labute approximate surface area is 128 Å². The Morgan fingerprint density at radius 3 is 2.43 bits per heavy atom. The van der Waals surface area contributed by atoms with Crippen LogP contribution >= 0.6 is 0 Å². The van der Waals surface area contributed by atoms with E-state index < -0.39 is 0 Å². The lowest BCUT2D eigenvalue weighted by Gasteiger charge is -2.28. The molecule has 0 unspecified atom stereocenters. The summed E-state index contributed by atoms with van der Waals surface area (Å²) in [6.07, 6.45) is 9.86. The van der Waals surface area contributed by atoms with Crippen molar-refractivity contribution < 1.29 is 9.53 Å². The fourth-order valence-corrected chi connectivity index (χ4v) is 3.10. The number of carbonyl (C=O) groups excluding carboxylic acids is 1. The number of hydrogen-bond donors (Lipinski definition) is 0. The Bertz CT molecular complexity index is 465. The molecule has 2 heteroatoms. The second-order valence-electron chi connectivity index (χ2n) is 5.90. The predicted octanol–water partition coefficient (Wildman–Crippen LogP) is 4.78. The predicted molar refractivity (Wildman–Crippen MR) is 86.3 cm³/mol. The Hall–Kier alpha value is -1.57. The number of allylic oxidation sites excluding steroid dienone is 1. The minimum absolute atomic E-state index is 0.101. The second-order valence-corrected chi connectivity index (χ2v) is 5.90. The maximum atomic E-state index is 11.5. The molecule has 0 amide bonds. The number of hydrogen-bond acceptors (Lipinski definition) is 2. The zero-order valence-corrected chi connectivity index (χ0v) is 13.2. The standard InChI is InChI=1S/C19H26O2/c1-3-5-15-7-9-16(10-8-15)17-11-13-18(14-12-17)21-19(20)6-4-2/h4,6-10,17-18H,3,5,11-14H2,1-2H3/b6-4+. The van der Waals surface area contributed by atoms with Crippen molar-refractivity contribution in [3.63, 3.8) is 0 Å². The van der Waals surface area contributed by atoms with Gasteiger partial charge in [-0.3, -0.25) is 0 Å². The van der Waals surface area contributed by atoms with E-state index in [1.54, 1.807) is 6.08 Å². The summed E-state index contributed by atoms with van der Waals surface area (Å²) >= 11 is 0. The highest BCUT2D eigenvalue weighted by Crippen LogP contribution is 2.34. The molecule has 0 N–H and O–H groups in total. The van der Waals surface area contributed by atoms with Crippen molar-refractivity contribution in [2.75, 3.05) is 0 Å². The Balaban J connectivity index is 1.84. The summed E-state index contributed by atoms with van der Waals surface area (Å²) < 4.78 is 5.44. The van der Waals surface area contributed by atoms with Gasteiger partial charge in [0.1, 0.15) is 6.10 Å². The molecular formula is C19H26O2. The van der Waals surface area contributed by atoms with Gasteiger partial charge in [0.05, 0.1) is 0 Å². The molecular weight excluding hydrogens is 260 g/mol. The van der Waals surface area contributed by atoms with Gasteiger partial charge in [-0.05, 0) is 56.1 Å². The van der Waals surface area contributed by atoms with Gasteiger partial charge in [-0.2, -0.15) is 0 Å². The van der Waals surface area contributed by atoms with Gasteiger partial charge in [-0.1, -0.05) is 43.7 Å². The van der Waals surface area contributed by atoms with E-state index in [4.69, 9.17) is 4.74 Å². The number of benzene rings is 1. The minimum Gasteiger partial charge on any atom is -0.459 e. The summed E-state index contributed by atoms with van der Waals surface area (Å²) in [6, 6.07) is 9.08. The number of carbonyl (C=O) groups is 1. The van der Waals surface area contributed by atoms with Crippen molar-refractivity contribution in [3.05, 3.63) is 47.5 Å². The van der Waals surface area contributed by atoms with Crippen molar-refractivity contribution in [1.29, 1.82) is 0 Å². The zero-order chi connectivity index (χ0) is 15.1. The first-order valence-corrected chi connectivity index (χ1v) is 8.15. The molecule has 1 aromatic rings. The minimum atomic E-state index is -0.204. The van der Waals surface area contributed by atoms with Crippen molar-refractivity contribution in [1.82, 2.24) is 0 Å². The molecule has 1 aliphatic carbocycles. The lowest BCUT2D eigenvalue weighted by Crippen LogP contribution is -2.23. The van der Waals surface area contributed by atoms with Crippen LogP contribution in [0.5, 0.6) is 0 Å². The van der Waals surface area contributed by atoms with E-state index in [0.29, 0.717) is 5.92 Å². The number of rotatable bonds is 5. The molecule has 114 valence electrons. The van der Waals surface area contributed by atoms with Crippen molar-refractivity contribution in [2.24, 2.45) is 0 Å². The lowest BCUT2D eigenvalue weighted by atomic mass is 9.82. The van der Waals surface area contributed by atoms with Crippen LogP contribution in [0.4, 0.5) is 0 Å². The van der Waals surface area contributed by atoms with E-state index in [9.17, 15) is 4.79 Å². The maximum absolute atomic E-state index is 11.5. The summed E-state index contributed by atoms with van der Waals surface area (Å²) in [6.45, 7) is 4.05. The van der Waals surface area contributed by atoms with E-state index in [0.717, 1.165) is 32.1 Å². The molecule has 2 nitrogen and oxygen atoms in total. The van der Waals surface area contributed by atoms with Crippen LogP contribution in [0, 0.1) is 0 Å². The molecule has 0 aliphatic heterocycles. The molecule has 1 aromatic carbocycles. The van der Waals surface area contributed by atoms with E-state index in [2.05, 4.69) is 31.2 Å². The first-order chi connectivity index (χ1) is 10.2. The number of ether oxygens (including phenoxy) is 1. The van der Waals surface area contributed by atoms with Gasteiger partial charge in [0.15, 0.2) is 0 Å². The highest BCUT2D eigenvalue weighted by Gasteiger charge is 2.24. The van der Waals surface area contributed by atoms with Crippen molar-refractivity contribution in [3.8, 4) is 0 Å². The van der Waals surface area contributed by atoms with E-state index in [-0.39, 0.29) is 12.1 Å². The van der Waals surface area contributed by atoms with Crippen LogP contribution in [-0.4, -0.2) is 12.1 Å². The van der Waals surface area contributed by atoms with Crippen LogP contribution in [0.1, 0.15) is 63.0 Å². The van der Waals surface area contributed by atoms with Gasteiger partial charge in [0.2, 0.25) is 0 Å². The fourth-order valence-electron chi connectivity index (χ4n) is 3.10. The molecule has 0 spiro atoms. The first-order valence-electron chi connectivity index (χ1n) is 8.15. The summed E-state index contributed by atoms with van der Waals surface area (Å²) in [5.41, 5.74) is 2.86. The summed E-state index contributed by atoms with van der Waals surface area (Å²) in [5, 5.41) is 0. The van der Waals surface area contributed by atoms with Crippen molar-refractivity contribution >= 4 is 5.97 Å². The lowest BCUT2D eigenvalue weighted by molar-refractivity contribution is -0.144. The SMILES string of the molecule is C/C=C/C(=O)OC1CCC(c2ccc(CCC)cc2)CC1. The van der Waals surface area contributed by atoms with Gasteiger partial charge in [-0.15, -0.1) is 0 Å². The normalized spacial score (nSPS) is 22.4. The molecule has 2 rings (SSSR count). The third kappa shape index (κ3) is 4.73. The average molecular weight is 286 g/mol. The highest BCUT2D eigenvalue weighted by molar-refractivity contribution is 5.81. The molecule has 1 aliphatic rings. The Kier molecular flexibility index (Phi) is 6.04. The Morgan fingerprint density at radius 2 is 1.86 bits per heavy atom. The third-order valence-electron chi connectivity index (χ3n) is 4.25. The van der Waals surface area contributed by atoms with Crippen molar-refractivity contribution in [2.45, 2.75) is 64.4 Å². The molecule has 1 saturated carbocycles. The first kappa shape index (κ1) is 15.8. The third-order valence-corrected chi connectivity index (χ3v) is 4.25. The quantitative estimate of drug-likeness (QED) is 0.575. The summed E-state index contributed by atoms with van der Waals surface area (Å²) in [7, 11) is 0. The molecule has 0 heterocycles. The average Bonchev–Trinajstić information content (AvgIpc) is 2.49. The van der Waals surface area contributed by atoms with Crippen LogP contribution in [0.15, 0.2) is 36.4 Å². The topological polar surface area (TPSA) is 26.3 Å². The Morgan fingerprint density at radius 1 is 1.19 bits per heavy atom.